The summed E-state index contributed by atoms with van der Waals surface area (Å²) in [5.41, 5.74) is 4.32. The molecule has 0 amide bonds. The number of halogens is 1. The number of likely N-dealkylation sites (tertiary alicyclic amines) is 1. The minimum Gasteiger partial charge on any atom is -0.372 e. The number of fused-ring (bicyclic) bond motifs is 2. The van der Waals surface area contributed by atoms with E-state index >= 15 is 0 Å². The topological polar surface area (TPSA) is 47.4 Å². The molecular weight excluding hydrogens is 454 g/mol. The first-order valence-corrected chi connectivity index (χ1v) is 11.7. The van der Waals surface area contributed by atoms with E-state index in [1.165, 1.54) is 22.0 Å². The van der Waals surface area contributed by atoms with E-state index in [2.05, 4.69) is 68.9 Å². The highest BCUT2D eigenvalue weighted by molar-refractivity contribution is 9.10. The maximum atomic E-state index is 12.8. The Labute approximate surface area is 191 Å². The Morgan fingerprint density at radius 3 is 2.94 bits per heavy atom. The summed E-state index contributed by atoms with van der Waals surface area (Å²) < 4.78 is 9.47. The zero-order valence-electron chi connectivity index (χ0n) is 18.3. The number of rotatable bonds is 5. The van der Waals surface area contributed by atoms with Gasteiger partial charge in [-0.05, 0) is 71.4 Å². The van der Waals surface area contributed by atoms with Crippen LogP contribution in [-0.4, -0.2) is 47.0 Å². The summed E-state index contributed by atoms with van der Waals surface area (Å²) >= 11 is 3.41. The van der Waals surface area contributed by atoms with Crippen LogP contribution in [-0.2, 0) is 23.8 Å². The number of nitrogens with zero attached hydrogens (tertiary/aromatic N) is 3. The number of pyridine rings is 1. The summed E-state index contributed by atoms with van der Waals surface area (Å²) in [5, 5.41) is 1.36. The van der Waals surface area contributed by atoms with Crippen LogP contribution in [0.15, 0.2) is 47.3 Å². The van der Waals surface area contributed by atoms with E-state index < -0.39 is 0 Å². The van der Waals surface area contributed by atoms with Crippen molar-refractivity contribution in [1.82, 2.24) is 14.5 Å². The molecule has 3 atom stereocenters. The quantitative estimate of drug-likeness (QED) is 0.494. The van der Waals surface area contributed by atoms with E-state index in [9.17, 15) is 4.79 Å². The number of carbonyl (C=O) groups is 1. The molecule has 0 radical (unpaired) electrons. The fraction of sp³-hybridized carbons (Fsp3) is 0.440. The van der Waals surface area contributed by atoms with Crippen LogP contribution >= 0.6 is 15.9 Å². The molecule has 0 bridgehead atoms. The molecule has 0 unspecified atom stereocenters. The third-order valence-corrected chi connectivity index (χ3v) is 7.78. The van der Waals surface area contributed by atoms with Gasteiger partial charge in [0, 0.05) is 72.7 Å². The number of methoxy groups -OCH3 is 1. The Morgan fingerprint density at radius 1 is 1.32 bits per heavy atom. The van der Waals surface area contributed by atoms with Gasteiger partial charge in [-0.15, -0.1) is 0 Å². The zero-order valence-corrected chi connectivity index (χ0v) is 19.9. The number of aryl methyl sites for hydroxylation is 1. The number of benzene rings is 1. The summed E-state index contributed by atoms with van der Waals surface area (Å²) in [5.74, 6) is 0.548. The third kappa shape index (κ3) is 3.36. The first kappa shape index (κ1) is 20.9. The number of ketones is 1. The summed E-state index contributed by atoms with van der Waals surface area (Å²) in [6.45, 7) is 0.984. The molecule has 1 aliphatic heterocycles. The molecule has 3 aromatic rings. The van der Waals surface area contributed by atoms with Crippen molar-refractivity contribution in [3.05, 3.63) is 64.0 Å². The molecule has 5 nitrogen and oxygen atoms in total. The van der Waals surface area contributed by atoms with Gasteiger partial charge >= 0.3 is 0 Å². The largest absolute Gasteiger partial charge is 0.372 e. The van der Waals surface area contributed by atoms with Gasteiger partial charge < -0.3 is 9.30 Å². The maximum Gasteiger partial charge on any atom is 0.164 e. The van der Waals surface area contributed by atoms with E-state index in [4.69, 9.17) is 4.74 Å². The van der Waals surface area contributed by atoms with Crippen LogP contribution in [0, 0.1) is 5.92 Å². The average molecular weight is 482 g/mol. The molecule has 1 saturated heterocycles. The standard InChI is InChI=1S/C25H28BrN3O2/c1-28-15-18-10-23-25(31-3,20-5-4-6-21(28)24(18)20)11-16(14-29(23)2)7-8-22(30)17-9-19(26)13-27-12-17/h4-6,9,12-13,15-16,23H,7-8,10-11,14H2,1-3H3/t16-,23-,25+/m1/s1. The molecule has 6 heteroatoms. The summed E-state index contributed by atoms with van der Waals surface area (Å²) in [7, 11) is 6.19. The molecular formula is C25H28BrN3O2. The monoisotopic (exact) mass is 481 g/mol. The SMILES string of the molecule is CO[C@]12C[C@@H](CCC(=O)c3cncc(Br)c3)CN(C)[C@@H]1Cc1cn(C)c3cccc2c13. The van der Waals surface area contributed by atoms with Crippen molar-refractivity contribution in [2.24, 2.45) is 13.0 Å². The lowest BCUT2D eigenvalue weighted by Gasteiger charge is -2.53. The molecule has 2 aliphatic rings. The van der Waals surface area contributed by atoms with Gasteiger partial charge in [0.2, 0.25) is 0 Å². The van der Waals surface area contributed by atoms with Crippen molar-refractivity contribution < 1.29 is 9.53 Å². The highest BCUT2D eigenvalue weighted by atomic mass is 79.9. The Kier molecular flexibility index (Phi) is 5.27. The second-order valence-corrected chi connectivity index (χ2v) is 10.1. The van der Waals surface area contributed by atoms with Crippen molar-refractivity contribution in [2.45, 2.75) is 37.3 Å². The van der Waals surface area contributed by atoms with Gasteiger partial charge in [0.05, 0.1) is 0 Å². The molecule has 1 aromatic carbocycles. The second-order valence-electron chi connectivity index (χ2n) is 9.14. The molecule has 162 valence electrons. The van der Waals surface area contributed by atoms with Crippen LogP contribution in [0.4, 0.5) is 0 Å². The highest BCUT2D eigenvalue weighted by Crippen LogP contribution is 2.50. The maximum absolute atomic E-state index is 12.8. The Balaban J connectivity index is 1.44. The van der Waals surface area contributed by atoms with Crippen LogP contribution in [0.2, 0.25) is 0 Å². The highest BCUT2D eigenvalue weighted by Gasteiger charge is 2.51. The average Bonchev–Trinajstić information content (AvgIpc) is 3.09. The molecule has 0 saturated carbocycles. The van der Waals surface area contributed by atoms with Crippen molar-refractivity contribution >= 4 is 32.6 Å². The smallest absolute Gasteiger partial charge is 0.164 e. The molecule has 2 aromatic heterocycles. The molecule has 5 rings (SSSR count). The lowest BCUT2D eigenvalue weighted by atomic mass is 9.68. The van der Waals surface area contributed by atoms with Crippen LogP contribution in [0.3, 0.4) is 0 Å². The first-order chi connectivity index (χ1) is 14.9. The van der Waals surface area contributed by atoms with E-state index in [1.807, 2.05) is 13.2 Å². The number of likely N-dealkylation sites (N-methyl/N-ethyl adjacent to an activating group) is 1. The molecule has 1 aliphatic carbocycles. The van der Waals surface area contributed by atoms with Crippen LogP contribution in [0.1, 0.15) is 40.7 Å². The molecule has 3 heterocycles. The number of piperidine rings is 1. The van der Waals surface area contributed by atoms with Gasteiger partial charge in [-0.2, -0.15) is 0 Å². The van der Waals surface area contributed by atoms with Crippen molar-refractivity contribution in [2.75, 3.05) is 20.7 Å². The number of Topliss-reactive ketones (excluding diaryl/α,β-unsaturated/α-hetero) is 1. The third-order valence-electron chi connectivity index (χ3n) is 7.34. The first-order valence-electron chi connectivity index (χ1n) is 10.9. The molecule has 0 spiro atoms. The lowest BCUT2D eigenvalue weighted by molar-refractivity contribution is -0.126. The number of hydrogen-bond donors (Lipinski definition) is 0. The van der Waals surface area contributed by atoms with E-state index in [0.29, 0.717) is 23.9 Å². The van der Waals surface area contributed by atoms with Gasteiger partial charge in [-0.3, -0.25) is 14.7 Å². The summed E-state index contributed by atoms with van der Waals surface area (Å²) in [4.78, 5) is 19.4. The molecule has 0 N–H and O–H groups in total. The van der Waals surface area contributed by atoms with Crippen LogP contribution < -0.4 is 0 Å². The lowest BCUT2D eigenvalue weighted by Crippen LogP contribution is -2.59. The van der Waals surface area contributed by atoms with E-state index in [0.717, 1.165) is 30.3 Å². The number of hydrogen-bond acceptors (Lipinski definition) is 4. The van der Waals surface area contributed by atoms with Gasteiger partial charge in [0.25, 0.3) is 0 Å². The second kappa shape index (κ2) is 7.84. The minimum atomic E-state index is -0.341. The van der Waals surface area contributed by atoms with Gasteiger partial charge in [-0.1, -0.05) is 12.1 Å². The van der Waals surface area contributed by atoms with E-state index in [1.54, 1.807) is 12.4 Å². The normalized spacial score (nSPS) is 25.5. The van der Waals surface area contributed by atoms with Gasteiger partial charge in [0.1, 0.15) is 5.60 Å². The van der Waals surface area contributed by atoms with Crippen LogP contribution in [0.5, 0.6) is 0 Å². The Hall–Kier alpha value is -2.02. The van der Waals surface area contributed by atoms with Crippen molar-refractivity contribution in [3.63, 3.8) is 0 Å². The van der Waals surface area contributed by atoms with Crippen LogP contribution in [0.25, 0.3) is 10.9 Å². The zero-order chi connectivity index (χ0) is 21.8. The van der Waals surface area contributed by atoms with E-state index in [-0.39, 0.29) is 11.4 Å². The number of carbonyl (C=O) groups excluding carboxylic acids is 1. The number of aromatic nitrogens is 2. The fourth-order valence-corrected chi connectivity index (χ4v) is 6.32. The Morgan fingerprint density at radius 2 is 2.16 bits per heavy atom. The van der Waals surface area contributed by atoms with Crippen molar-refractivity contribution in [1.29, 1.82) is 0 Å². The fourth-order valence-electron chi connectivity index (χ4n) is 5.95. The number of ether oxygens (including phenoxy) is 1. The predicted molar refractivity (Wildman–Crippen MR) is 125 cm³/mol. The predicted octanol–water partition coefficient (Wildman–Crippen LogP) is 4.72. The van der Waals surface area contributed by atoms with Gasteiger partial charge in [-0.25, -0.2) is 0 Å². The van der Waals surface area contributed by atoms with Crippen molar-refractivity contribution in [3.8, 4) is 0 Å². The summed E-state index contributed by atoms with van der Waals surface area (Å²) in [6, 6.07) is 8.75. The molecule has 1 fully saturated rings. The Bertz CT molecular complexity index is 1160. The summed E-state index contributed by atoms with van der Waals surface area (Å²) in [6.07, 6.45) is 8.96. The minimum absolute atomic E-state index is 0.154. The van der Waals surface area contributed by atoms with Gasteiger partial charge in [0.15, 0.2) is 5.78 Å². The molecule has 31 heavy (non-hydrogen) atoms.